The van der Waals surface area contributed by atoms with E-state index in [1.165, 1.54) is 12.1 Å². The standard InChI is InChI=1S/C31H35N3O8/c1-5-39-26(35)19-41-25-16-15-23(40-18-20-9-7-6-8-10-20)17-24(25)27(29(36)37)33-22-13-11-21(12-14-22)28(32)34-30(38)42-31(2,3)4/h6-17,27,33H,5,18-19H2,1-4H3,(H,36,37)(H2,32,34,38)/p-1. The van der Waals surface area contributed by atoms with Crippen molar-refractivity contribution in [1.82, 2.24) is 0 Å². The Morgan fingerprint density at radius 3 is 2.29 bits per heavy atom. The van der Waals surface area contributed by atoms with E-state index >= 15 is 0 Å². The molecule has 0 saturated heterocycles. The summed E-state index contributed by atoms with van der Waals surface area (Å²) in [6.07, 6.45) is -0.830. The molecule has 3 aromatic rings. The first-order chi connectivity index (χ1) is 19.9. The topological polar surface area (TPSA) is 162 Å². The lowest BCUT2D eigenvalue weighted by Gasteiger charge is -2.24. The number of aliphatic imine (C=N–C) groups is 1. The number of esters is 1. The first kappa shape index (κ1) is 31.5. The maximum absolute atomic E-state index is 12.3. The monoisotopic (exact) mass is 576 g/mol. The van der Waals surface area contributed by atoms with E-state index in [0.717, 1.165) is 5.56 Å². The minimum Gasteiger partial charge on any atom is -0.548 e. The number of carbonyl (C=O) groups is 3. The lowest BCUT2D eigenvalue weighted by Crippen LogP contribution is -2.34. The number of hydrogen-bond donors (Lipinski definition) is 2. The quantitative estimate of drug-likeness (QED) is 0.184. The fourth-order valence-electron chi connectivity index (χ4n) is 3.67. The SMILES string of the molecule is CCOC(=O)COc1ccc(OCc2ccccc2)cc1C(Nc1ccc(/C(N)=N/C(=O)OC(C)(C)C)cc1)C(=O)[O-]. The first-order valence-corrected chi connectivity index (χ1v) is 13.2. The number of benzene rings is 3. The van der Waals surface area contributed by atoms with E-state index in [2.05, 4.69) is 10.3 Å². The van der Waals surface area contributed by atoms with E-state index in [1.54, 1.807) is 58.0 Å². The number of carboxylic acid groups (broad SMARTS) is 1. The molecule has 0 saturated carbocycles. The Morgan fingerprint density at radius 2 is 1.67 bits per heavy atom. The summed E-state index contributed by atoms with van der Waals surface area (Å²) in [5.74, 6) is -1.61. The summed E-state index contributed by atoms with van der Waals surface area (Å²) in [5, 5.41) is 15.2. The molecule has 0 aliphatic carbocycles. The Hall–Kier alpha value is -5.06. The summed E-state index contributed by atoms with van der Waals surface area (Å²) in [7, 11) is 0. The van der Waals surface area contributed by atoms with Gasteiger partial charge in [-0.05, 0) is 75.7 Å². The van der Waals surface area contributed by atoms with Gasteiger partial charge in [0.1, 0.15) is 29.5 Å². The predicted octanol–water partition coefficient (Wildman–Crippen LogP) is 3.75. The maximum atomic E-state index is 12.3. The van der Waals surface area contributed by atoms with Crippen LogP contribution in [0.5, 0.6) is 11.5 Å². The molecule has 3 aromatic carbocycles. The molecule has 1 unspecified atom stereocenters. The number of anilines is 1. The van der Waals surface area contributed by atoms with Crippen molar-refractivity contribution >= 4 is 29.6 Å². The lowest BCUT2D eigenvalue weighted by atomic mass is 10.0. The van der Waals surface area contributed by atoms with Crippen LogP contribution in [-0.2, 0) is 25.7 Å². The van der Waals surface area contributed by atoms with Gasteiger partial charge in [-0.25, -0.2) is 9.59 Å². The van der Waals surface area contributed by atoms with E-state index in [0.29, 0.717) is 17.0 Å². The average Bonchev–Trinajstić information content (AvgIpc) is 2.93. The molecule has 1 atom stereocenters. The van der Waals surface area contributed by atoms with Gasteiger partial charge in [0.25, 0.3) is 0 Å². The van der Waals surface area contributed by atoms with Gasteiger partial charge in [-0.1, -0.05) is 30.3 Å². The van der Waals surface area contributed by atoms with Crippen molar-refractivity contribution in [1.29, 1.82) is 0 Å². The van der Waals surface area contributed by atoms with Crippen LogP contribution >= 0.6 is 0 Å². The maximum Gasteiger partial charge on any atom is 0.436 e. The van der Waals surface area contributed by atoms with Crippen molar-refractivity contribution in [2.75, 3.05) is 18.5 Å². The third-order valence-electron chi connectivity index (χ3n) is 5.52. The number of hydrogen-bond acceptors (Lipinski definition) is 9. The number of amidine groups is 1. The Kier molecular flexibility index (Phi) is 10.9. The molecule has 0 spiro atoms. The molecule has 1 amide bonds. The minimum absolute atomic E-state index is 0.0647. The van der Waals surface area contributed by atoms with Crippen LogP contribution in [-0.4, -0.2) is 42.7 Å². The fraction of sp³-hybridized carbons (Fsp3) is 0.290. The molecular weight excluding hydrogens is 542 g/mol. The number of nitrogens with two attached hydrogens (primary N) is 1. The van der Waals surface area contributed by atoms with Gasteiger partial charge in [0.2, 0.25) is 0 Å². The van der Waals surface area contributed by atoms with Crippen molar-refractivity contribution in [3.05, 3.63) is 89.5 Å². The molecule has 0 aliphatic heterocycles. The number of nitrogens with one attached hydrogen (secondary N) is 1. The highest BCUT2D eigenvalue weighted by Crippen LogP contribution is 2.32. The highest BCUT2D eigenvalue weighted by molar-refractivity contribution is 6.03. The van der Waals surface area contributed by atoms with Crippen LogP contribution in [0.1, 0.15) is 50.4 Å². The molecule has 11 nitrogen and oxygen atoms in total. The largest absolute Gasteiger partial charge is 0.548 e. The van der Waals surface area contributed by atoms with Crippen LogP contribution < -0.4 is 25.6 Å². The van der Waals surface area contributed by atoms with Crippen LogP contribution in [0.3, 0.4) is 0 Å². The number of rotatable bonds is 12. The fourth-order valence-corrected chi connectivity index (χ4v) is 3.67. The molecule has 0 radical (unpaired) electrons. The third-order valence-corrected chi connectivity index (χ3v) is 5.52. The van der Waals surface area contributed by atoms with Crippen LogP contribution in [0.4, 0.5) is 10.5 Å². The second-order valence-electron chi connectivity index (χ2n) is 10.0. The van der Waals surface area contributed by atoms with E-state index in [1.807, 2.05) is 30.3 Å². The molecule has 3 N–H and O–H groups in total. The summed E-state index contributed by atoms with van der Waals surface area (Å²) in [5.41, 5.74) is 7.13. The van der Waals surface area contributed by atoms with Crippen molar-refractivity contribution in [2.45, 2.75) is 45.9 Å². The minimum atomic E-state index is -1.45. The number of nitrogens with zero attached hydrogens (tertiary/aromatic N) is 1. The van der Waals surface area contributed by atoms with Crippen LogP contribution in [0.2, 0.25) is 0 Å². The normalized spacial score (nSPS) is 12.1. The number of carboxylic acids is 1. The molecule has 0 heterocycles. The zero-order valence-electron chi connectivity index (χ0n) is 23.9. The summed E-state index contributed by atoms with van der Waals surface area (Å²) in [6.45, 7) is 6.81. The molecular formula is C31H34N3O8-. The second-order valence-corrected chi connectivity index (χ2v) is 10.0. The van der Waals surface area contributed by atoms with E-state index in [4.69, 9.17) is 24.7 Å². The van der Waals surface area contributed by atoms with Gasteiger partial charge in [0.15, 0.2) is 6.61 Å². The molecule has 3 rings (SSSR count). The molecule has 0 bridgehead atoms. The van der Waals surface area contributed by atoms with E-state index in [9.17, 15) is 19.5 Å². The number of carbonyl (C=O) groups excluding carboxylic acids is 3. The van der Waals surface area contributed by atoms with Crippen molar-refractivity contribution in [3.8, 4) is 11.5 Å². The first-order valence-electron chi connectivity index (χ1n) is 13.2. The highest BCUT2D eigenvalue weighted by atomic mass is 16.6. The Balaban J connectivity index is 1.85. The predicted molar refractivity (Wildman–Crippen MR) is 154 cm³/mol. The third kappa shape index (κ3) is 9.84. The Bertz CT molecular complexity index is 1400. The molecule has 0 aromatic heterocycles. The van der Waals surface area contributed by atoms with Crippen LogP contribution in [0, 0.1) is 0 Å². The molecule has 0 aliphatic rings. The number of aliphatic carboxylic acids is 1. The molecule has 222 valence electrons. The van der Waals surface area contributed by atoms with Crippen molar-refractivity contribution < 1.29 is 38.4 Å². The number of amides is 1. The molecule has 0 fully saturated rings. The molecule has 42 heavy (non-hydrogen) atoms. The number of ether oxygens (including phenoxy) is 4. The summed E-state index contributed by atoms with van der Waals surface area (Å²) in [6, 6.07) is 19.0. The molecule has 11 heteroatoms. The van der Waals surface area contributed by atoms with Crippen molar-refractivity contribution in [3.63, 3.8) is 0 Å². The van der Waals surface area contributed by atoms with Crippen LogP contribution in [0.25, 0.3) is 0 Å². The van der Waals surface area contributed by atoms with E-state index < -0.39 is 36.3 Å². The van der Waals surface area contributed by atoms with Gasteiger partial charge < -0.3 is 39.9 Å². The van der Waals surface area contributed by atoms with E-state index in [-0.39, 0.29) is 30.4 Å². The summed E-state index contributed by atoms with van der Waals surface area (Å²) < 4.78 is 21.6. The Morgan fingerprint density at radius 1 is 0.976 bits per heavy atom. The van der Waals surface area contributed by atoms with Gasteiger partial charge in [0.05, 0.1) is 18.6 Å². The van der Waals surface area contributed by atoms with Gasteiger partial charge in [-0.15, -0.1) is 0 Å². The summed E-state index contributed by atoms with van der Waals surface area (Å²) in [4.78, 5) is 40.0. The van der Waals surface area contributed by atoms with Gasteiger partial charge >= 0.3 is 12.1 Å². The second kappa shape index (κ2) is 14.5. The van der Waals surface area contributed by atoms with Gasteiger partial charge in [-0.2, -0.15) is 4.99 Å². The van der Waals surface area contributed by atoms with Gasteiger partial charge in [0, 0.05) is 16.8 Å². The van der Waals surface area contributed by atoms with Crippen LogP contribution in [0.15, 0.2) is 77.8 Å². The average molecular weight is 577 g/mol. The zero-order valence-corrected chi connectivity index (χ0v) is 23.9. The Labute approximate surface area is 244 Å². The van der Waals surface area contributed by atoms with Crippen molar-refractivity contribution in [2.24, 2.45) is 10.7 Å². The smallest absolute Gasteiger partial charge is 0.436 e. The highest BCUT2D eigenvalue weighted by Gasteiger charge is 2.21. The van der Waals surface area contributed by atoms with Gasteiger partial charge in [-0.3, -0.25) is 0 Å². The lowest BCUT2D eigenvalue weighted by molar-refractivity contribution is -0.307. The zero-order chi connectivity index (χ0) is 30.7. The summed E-state index contributed by atoms with van der Waals surface area (Å²) >= 11 is 0.